The molecule has 1 amide bonds. The van der Waals surface area contributed by atoms with E-state index >= 15 is 0 Å². The van der Waals surface area contributed by atoms with Gasteiger partial charge >= 0.3 is 0 Å². The van der Waals surface area contributed by atoms with Gasteiger partial charge < -0.3 is 5.32 Å². The molecule has 0 saturated heterocycles. The van der Waals surface area contributed by atoms with Gasteiger partial charge in [-0.05, 0) is 66.9 Å². The number of benzene rings is 3. The molecular weight excluding hydrogens is 441 g/mol. The van der Waals surface area contributed by atoms with E-state index in [0.717, 1.165) is 23.2 Å². The van der Waals surface area contributed by atoms with Crippen molar-refractivity contribution in [3.63, 3.8) is 0 Å². The van der Waals surface area contributed by atoms with Gasteiger partial charge in [-0.3, -0.25) is 4.79 Å². The van der Waals surface area contributed by atoms with Crippen LogP contribution < -0.4 is 5.32 Å². The molecule has 3 aromatic carbocycles. The highest BCUT2D eigenvalue weighted by Crippen LogP contribution is 2.27. The lowest BCUT2D eigenvalue weighted by Crippen LogP contribution is -2.38. The first kappa shape index (κ1) is 22.1. The quantitative estimate of drug-likeness (QED) is 0.348. The molecule has 6 heteroatoms. The summed E-state index contributed by atoms with van der Waals surface area (Å²) in [6, 6.07) is 24.8. The van der Waals surface area contributed by atoms with Gasteiger partial charge in [0.05, 0.1) is 11.3 Å². The first-order valence-electron chi connectivity index (χ1n) is 10.4. The molecule has 0 unspecified atom stereocenters. The first-order chi connectivity index (χ1) is 15.5. The Labute approximate surface area is 197 Å². The number of carbonyl (C=O) groups excluding carboxylic acids is 1. The minimum absolute atomic E-state index is 0.0502. The maximum Gasteiger partial charge on any atom is 0.253 e. The number of nitrogens with zero attached hydrogens (tertiary/aromatic N) is 2. The van der Waals surface area contributed by atoms with Crippen LogP contribution in [0.2, 0.25) is 10.0 Å². The Morgan fingerprint density at radius 1 is 0.938 bits per heavy atom. The number of rotatable bonds is 7. The highest BCUT2D eigenvalue weighted by molar-refractivity contribution is 6.30. The Morgan fingerprint density at radius 2 is 1.59 bits per heavy atom. The molecule has 4 aromatic rings. The maximum atomic E-state index is 13.3. The monoisotopic (exact) mass is 463 g/mol. The van der Waals surface area contributed by atoms with E-state index < -0.39 is 0 Å². The smallest absolute Gasteiger partial charge is 0.253 e. The third kappa shape index (κ3) is 5.21. The molecule has 0 aliphatic carbocycles. The van der Waals surface area contributed by atoms with E-state index in [0.29, 0.717) is 15.6 Å². The molecular formula is C26H23Cl2N3O. The van der Waals surface area contributed by atoms with Gasteiger partial charge in [0.1, 0.15) is 0 Å². The Balaban J connectivity index is 1.60. The summed E-state index contributed by atoms with van der Waals surface area (Å²) >= 11 is 12.2. The molecule has 1 heterocycles. The van der Waals surface area contributed by atoms with E-state index in [2.05, 4.69) is 10.4 Å². The minimum Gasteiger partial charge on any atom is -0.349 e. The Morgan fingerprint density at radius 3 is 2.25 bits per heavy atom. The van der Waals surface area contributed by atoms with E-state index in [1.54, 1.807) is 10.9 Å². The molecule has 1 N–H and O–H groups in total. The second-order valence-corrected chi connectivity index (χ2v) is 8.59. The van der Waals surface area contributed by atoms with Gasteiger partial charge in [0, 0.05) is 34.4 Å². The zero-order valence-electron chi connectivity index (χ0n) is 17.6. The highest BCUT2D eigenvalue weighted by Gasteiger charge is 2.23. The zero-order chi connectivity index (χ0) is 22.5. The average Bonchev–Trinajstić information content (AvgIpc) is 3.34. The first-order valence-corrected chi connectivity index (χ1v) is 11.2. The van der Waals surface area contributed by atoms with Crippen LogP contribution in [0.15, 0.2) is 91.3 Å². The number of aromatic nitrogens is 2. The van der Waals surface area contributed by atoms with Crippen LogP contribution in [0, 0.1) is 0 Å². The molecule has 0 fully saturated rings. The summed E-state index contributed by atoms with van der Waals surface area (Å²) in [5, 5.41) is 8.87. The Kier molecular flexibility index (Phi) is 6.93. The second-order valence-electron chi connectivity index (χ2n) is 7.72. The van der Waals surface area contributed by atoms with Crippen LogP contribution in [0.5, 0.6) is 0 Å². The third-order valence-electron chi connectivity index (χ3n) is 5.53. The van der Waals surface area contributed by atoms with Crippen molar-refractivity contribution in [3.05, 3.63) is 118 Å². The SMILES string of the molecule is C[C@@H](NC(=O)c1ccccc1-n1cccn1)[C@H](Cc1ccc(Cl)cc1)c1ccc(Cl)cc1. The number of hydrogen-bond donors (Lipinski definition) is 1. The van der Waals surface area contributed by atoms with Gasteiger partial charge in [0.25, 0.3) is 5.91 Å². The predicted molar refractivity (Wildman–Crippen MR) is 130 cm³/mol. The number of nitrogens with one attached hydrogen (secondary N) is 1. The number of amides is 1. The van der Waals surface area contributed by atoms with Gasteiger partial charge in [-0.1, -0.05) is 59.6 Å². The average molecular weight is 464 g/mol. The normalized spacial score (nSPS) is 12.8. The summed E-state index contributed by atoms with van der Waals surface area (Å²) in [5.74, 6) is -0.0899. The zero-order valence-corrected chi connectivity index (χ0v) is 19.1. The van der Waals surface area contributed by atoms with E-state index in [4.69, 9.17) is 23.2 Å². The molecule has 1 aromatic heterocycles. The molecule has 0 spiro atoms. The molecule has 32 heavy (non-hydrogen) atoms. The van der Waals surface area contributed by atoms with Crippen molar-refractivity contribution in [2.45, 2.75) is 25.3 Å². The molecule has 0 aliphatic rings. The lowest BCUT2D eigenvalue weighted by molar-refractivity contribution is 0.0934. The van der Waals surface area contributed by atoms with E-state index in [9.17, 15) is 4.79 Å². The molecule has 162 valence electrons. The number of carbonyl (C=O) groups is 1. The van der Waals surface area contributed by atoms with Crippen molar-refractivity contribution in [2.75, 3.05) is 0 Å². The molecule has 0 bridgehead atoms. The fourth-order valence-corrected chi connectivity index (χ4v) is 4.08. The number of halogens is 2. The van der Waals surface area contributed by atoms with Crippen molar-refractivity contribution in [2.24, 2.45) is 0 Å². The maximum absolute atomic E-state index is 13.3. The lowest BCUT2D eigenvalue weighted by atomic mass is 9.86. The van der Waals surface area contributed by atoms with Crippen molar-refractivity contribution >= 4 is 29.1 Å². The van der Waals surface area contributed by atoms with Crippen LogP contribution in [0.3, 0.4) is 0 Å². The van der Waals surface area contributed by atoms with Gasteiger partial charge in [-0.2, -0.15) is 5.10 Å². The summed E-state index contributed by atoms with van der Waals surface area (Å²) in [5.41, 5.74) is 3.57. The van der Waals surface area contributed by atoms with Crippen molar-refractivity contribution in [1.29, 1.82) is 0 Å². The van der Waals surface area contributed by atoms with E-state index in [1.807, 2.05) is 92.0 Å². The second kappa shape index (κ2) is 10.0. The van der Waals surface area contributed by atoms with Crippen LogP contribution in [0.1, 0.15) is 34.3 Å². The van der Waals surface area contributed by atoms with Crippen molar-refractivity contribution in [3.8, 4) is 5.69 Å². The van der Waals surface area contributed by atoms with Crippen LogP contribution in [-0.4, -0.2) is 21.7 Å². The van der Waals surface area contributed by atoms with Crippen LogP contribution >= 0.6 is 23.2 Å². The van der Waals surface area contributed by atoms with E-state index in [-0.39, 0.29) is 17.9 Å². The fraction of sp³-hybridized carbons (Fsp3) is 0.154. The van der Waals surface area contributed by atoms with Gasteiger partial charge in [0.2, 0.25) is 0 Å². The summed E-state index contributed by atoms with van der Waals surface area (Å²) in [6.07, 6.45) is 4.27. The van der Waals surface area contributed by atoms with Gasteiger partial charge in [-0.15, -0.1) is 0 Å². The predicted octanol–water partition coefficient (Wildman–Crippen LogP) is 6.32. The molecule has 4 rings (SSSR count). The summed E-state index contributed by atoms with van der Waals surface area (Å²) in [7, 11) is 0. The molecule has 4 nitrogen and oxygen atoms in total. The van der Waals surface area contributed by atoms with Crippen LogP contribution in [0.25, 0.3) is 5.69 Å². The summed E-state index contributed by atoms with van der Waals surface area (Å²) in [4.78, 5) is 13.3. The molecule has 0 radical (unpaired) electrons. The summed E-state index contributed by atoms with van der Waals surface area (Å²) in [6.45, 7) is 2.03. The topological polar surface area (TPSA) is 46.9 Å². The fourth-order valence-electron chi connectivity index (χ4n) is 3.83. The molecule has 0 saturated carbocycles. The molecule has 0 aliphatic heterocycles. The largest absolute Gasteiger partial charge is 0.349 e. The summed E-state index contributed by atoms with van der Waals surface area (Å²) < 4.78 is 1.70. The Hall–Kier alpha value is -3.08. The molecule has 2 atom stereocenters. The number of hydrogen-bond acceptors (Lipinski definition) is 2. The number of para-hydroxylation sites is 1. The lowest BCUT2D eigenvalue weighted by Gasteiger charge is -2.26. The van der Waals surface area contributed by atoms with Crippen molar-refractivity contribution in [1.82, 2.24) is 15.1 Å². The van der Waals surface area contributed by atoms with Crippen LogP contribution in [-0.2, 0) is 6.42 Å². The standard InChI is InChI=1S/C26H23Cl2N3O/c1-18(30-26(32)23-5-2-3-6-25(23)31-16-4-15-29-31)24(20-9-13-22(28)14-10-20)17-19-7-11-21(27)12-8-19/h2-16,18,24H,17H2,1H3,(H,30,32)/t18-,24+/m1/s1. The third-order valence-corrected chi connectivity index (χ3v) is 6.03. The van der Waals surface area contributed by atoms with Crippen LogP contribution in [0.4, 0.5) is 0 Å². The van der Waals surface area contributed by atoms with Crippen molar-refractivity contribution < 1.29 is 4.79 Å². The minimum atomic E-state index is -0.140. The van der Waals surface area contributed by atoms with Gasteiger partial charge in [0.15, 0.2) is 0 Å². The highest BCUT2D eigenvalue weighted by atomic mass is 35.5. The van der Waals surface area contributed by atoms with E-state index in [1.165, 1.54) is 0 Å². The Bertz CT molecular complexity index is 1170. The van der Waals surface area contributed by atoms with Gasteiger partial charge in [-0.25, -0.2) is 4.68 Å².